The van der Waals surface area contributed by atoms with Gasteiger partial charge in [-0.15, -0.1) is 0 Å². The molecule has 11 atom stereocenters. The van der Waals surface area contributed by atoms with E-state index in [4.69, 9.17) is 9.47 Å². The first kappa shape index (κ1) is 27.1. The minimum Gasteiger partial charge on any atom is -0.394 e. The number of aliphatic hydroxyl groups is 6. The van der Waals surface area contributed by atoms with Crippen molar-refractivity contribution in [3.63, 3.8) is 0 Å². The van der Waals surface area contributed by atoms with Gasteiger partial charge in [0.2, 0.25) is 0 Å². The number of rotatable bonds is 5. The van der Waals surface area contributed by atoms with Gasteiger partial charge in [0, 0.05) is 17.3 Å². The van der Waals surface area contributed by atoms with E-state index in [0.29, 0.717) is 6.42 Å². The first-order valence-electron chi connectivity index (χ1n) is 12.8. The molecule has 0 aromatic heterocycles. The van der Waals surface area contributed by atoms with E-state index >= 15 is 0 Å². The molecule has 0 bridgehead atoms. The van der Waals surface area contributed by atoms with Gasteiger partial charge in [-0.2, -0.15) is 0 Å². The lowest BCUT2D eigenvalue weighted by Crippen LogP contribution is -2.64. The van der Waals surface area contributed by atoms with Gasteiger partial charge in [-0.25, -0.2) is 0 Å². The minimum atomic E-state index is -1.56. The van der Waals surface area contributed by atoms with E-state index in [1.54, 1.807) is 0 Å². The van der Waals surface area contributed by atoms with Crippen LogP contribution in [0.4, 0.5) is 0 Å². The van der Waals surface area contributed by atoms with E-state index in [2.05, 4.69) is 13.0 Å². The number of ketones is 1. The van der Waals surface area contributed by atoms with Crippen molar-refractivity contribution >= 4 is 5.78 Å². The Labute approximate surface area is 206 Å². The zero-order valence-corrected chi connectivity index (χ0v) is 21.1. The summed E-state index contributed by atoms with van der Waals surface area (Å²) < 4.78 is 11.6. The maximum atomic E-state index is 13.6. The van der Waals surface area contributed by atoms with Crippen LogP contribution < -0.4 is 0 Å². The number of Topliss-reactive ketones (excluding diaryl/α,β-unsaturated/α-hetero) is 1. The Balaban J connectivity index is 1.58. The Bertz CT molecular complexity index is 841. The van der Waals surface area contributed by atoms with Gasteiger partial charge >= 0.3 is 0 Å². The van der Waals surface area contributed by atoms with Crippen LogP contribution >= 0.6 is 0 Å². The molecule has 200 valence electrons. The van der Waals surface area contributed by atoms with Crippen LogP contribution in [0.25, 0.3) is 0 Å². The number of hydrogen-bond acceptors (Lipinski definition) is 9. The fraction of sp³-hybridized carbons (Fsp3) is 0.885. The molecule has 0 spiro atoms. The predicted octanol–water partition coefficient (Wildman–Crippen LogP) is 0.283. The summed E-state index contributed by atoms with van der Waals surface area (Å²) in [7, 11) is 0. The molecule has 0 aromatic carbocycles. The van der Waals surface area contributed by atoms with Gasteiger partial charge in [0.05, 0.1) is 19.3 Å². The van der Waals surface area contributed by atoms with Gasteiger partial charge < -0.3 is 40.1 Å². The molecular weight excluding hydrogens is 456 g/mol. The molecule has 4 aliphatic rings. The fourth-order valence-corrected chi connectivity index (χ4v) is 7.69. The second-order valence-electron chi connectivity index (χ2n) is 12.3. The van der Waals surface area contributed by atoms with Gasteiger partial charge in [-0.1, -0.05) is 39.3 Å². The van der Waals surface area contributed by atoms with E-state index in [1.165, 1.54) is 5.57 Å². The summed E-state index contributed by atoms with van der Waals surface area (Å²) in [5, 5.41) is 60.1. The number of ether oxygens (including phenoxy) is 2. The first-order chi connectivity index (χ1) is 16.3. The largest absolute Gasteiger partial charge is 0.394 e. The quantitative estimate of drug-likeness (QED) is 0.231. The van der Waals surface area contributed by atoms with Crippen molar-refractivity contribution in [2.75, 3.05) is 13.2 Å². The van der Waals surface area contributed by atoms with Crippen molar-refractivity contribution < 1.29 is 44.9 Å². The van der Waals surface area contributed by atoms with Crippen LogP contribution in [0.2, 0.25) is 0 Å². The van der Waals surface area contributed by atoms with Crippen molar-refractivity contribution in [3.05, 3.63) is 11.6 Å². The molecule has 6 N–H and O–H groups in total. The third-order valence-electron chi connectivity index (χ3n) is 9.72. The van der Waals surface area contributed by atoms with E-state index in [9.17, 15) is 35.4 Å². The normalized spacial score (nSPS) is 48.5. The summed E-state index contributed by atoms with van der Waals surface area (Å²) in [4.78, 5) is 13.6. The molecule has 9 nitrogen and oxygen atoms in total. The summed E-state index contributed by atoms with van der Waals surface area (Å²) in [6.07, 6.45) is -3.09. The van der Waals surface area contributed by atoms with Crippen molar-refractivity contribution in [1.82, 2.24) is 0 Å². The zero-order valence-electron chi connectivity index (χ0n) is 21.1. The Kier molecular flexibility index (Phi) is 7.32. The summed E-state index contributed by atoms with van der Waals surface area (Å²) in [5.41, 5.74) is -0.125. The Morgan fingerprint density at radius 1 is 1.09 bits per heavy atom. The minimum absolute atomic E-state index is 0.101. The average Bonchev–Trinajstić information content (AvgIpc) is 2.80. The second-order valence-corrected chi connectivity index (χ2v) is 12.3. The number of carbonyl (C=O) groups is 1. The smallest absolute Gasteiger partial charge is 0.187 e. The molecule has 1 aliphatic heterocycles. The van der Waals surface area contributed by atoms with E-state index in [0.717, 1.165) is 25.7 Å². The van der Waals surface area contributed by atoms with Gasteiger partial charge in [0.25, 0.3) is 0 Å². The van der Waals surface area contributed by atoms with Crippen molar-refractivity contribution in [2.45, 2.75) is 103 Å². The maximum absolute atomic E-state index is 13.6. The van der Waals surface area contributed by atoms with E-state index in [1.807, 2.05) is 20.8 Å². The molecule has 3 aliphatic carbocycles. The van der Waals surface area contributed by atoms with Gasteiger partial charge in [-0.3, -0.25) is 4.79 Å². The second kappa shape index (κ2) is 9.44. The van der Waals surface area contributed by atoms with E-state index in [-0.39, 0.29) is 29.6 Å². The van der Waals surface area contributed by atoms with Crippen LogP contribution in [-0.2, 0) is 14.3 Å². The monoisotopic (exact) mass is 498 g/mol. The SMILES string of the molecule is CC1(C)[C@H]2CCC3=C[C@@](C)([C@@H](O)CO)CC[C@H]3[C@]2(C)CC(=O)[C@@H]1O[C@@H]1O[C@H](CO)[C@@H](O)[C@H](O)[C@H]1O. The number of hydrogen-bond donors (Lipinski definition) is 6. The Morgan fingerprint density at radius 2 is 1.77 bits per heavy atom. The van der Waals surface area contributed by atoms with E-state index < -0.39 is 60.4 Å². The highest BCUT2D eigenvalue weighted by molar-refractivity contribution is 5.86. The third kappa shape index (κ3) is 4.32. The molecule has 4 rings (SSSR count). The molecule has 0 unspecified atom stereocenters. The fourth-order valence-electron chi connectivity index (χ4n) is 7.69. The van der Waals surface area contributed by atoms with Crippen molar-refractivity contribution in [2.24, 2.45) is 28.1 Å². The molecule has 9 heteroatoms. The lowest BCUT2D eigenvalue weighted by molar-refractivity contribution is -0.320. The number of fused-ring (bicyclic) bond motifs is 3. The van der Waals surface area contributed by atoms with Crippen molar-refractivity contribution in [1.29, 1.82) is 0 Å². The van der Waals surface area contributed by atoms with Crippen LogP contribution in [0, 0.1) is 28.1 Å². The lowest BCUT2D eigenvalue weighted by Gasteiger charge is -2.61. The van der Waals surface area contributed by atoms with Crippen LogP contribution in [0.1, 0.15) is 59.8 Å². The average molecular weight is 499 g/mol. The molecule has 0 aromatic rings. The van der Waals surface area contributed by atoms with Gasteiger partial charge in [-0.05, 0) is 42.9 Å². The zero-order chi connectivity index (χ0) is 25.9. The highest BCUT2D eigenvalue weighted by Crippen LogP contribution is 2.63. The first-order valence-corrected chi connectivity index (χ1v) is 12.8. The summed E-state index contributed by atoms with van der Waals surface area (Å²) in [5.74, 6) is 0.226. The summed E-state index contributed by atoms with van der Waals surface area (Å²) >= 11 is 0. The highest BCUT2D eigenvalue weighted by atomic mass is 16.7. The van der Waals surface area contributed by atoms with Gasteiger partial charge in [0.1, 0.15) is 30.5 Å². The summed E-state index contributed by atoms with van der Waals surface area (Å²) in [6.45, 7) is 7.30. The lowest BCUT2D eigenvalue weighted by atomic mass is 9.44. The van der Waals surface area contributed by atoms with Crippen molar-refractivity contribution in [3.8, 4) is 0 Å². The number of carbonyl (C=O) groups excluding carboxylic acids is 1. The standard InChI is InChI=1S/C26H42O9/c1-24(2)17-6-5-13-9-25(3,18(30)12-28)8-7-14(13)26(17,4)10-15(29)22(24)35-23-21(33)20(32)19(31)16(11-27)34-23/h9,14,16-23,27-28,30-33H,5-8,10-12H2,1-4H3/t14-,16-,17-,18+,19-,20+,21-,22+,23+,25+,26+/m1/s1. The van der Waals surface area contributed by atoms with Gasteiger partial charge in [0.15, 0.2) is 12.1 Å². The third-order valence-corrected chi connectivity index (χ3v) is 9.72. The molecule has 35 heavy (non-hydrogen) atoms. The number of aliphatic hydroxyl groups excluding tert-OH is 6. The van der Waals surface area contributed by atoms with Crippen LogP contribution in [0.5, 0.6) is 0 Å². The molecular formula is C26H42O9. The van der Waals surface area contributed by atoms with Crippen LogP contribution in [0.15, 0.2) is 11.6 Å². The Morgan fingerprint density at radius 3 is 2.40 bits per heavy atom. The molecule has 1 heterocycles. The summed E-state index contributed by atoms with van der Waals surface area (Å²) in [6, 6.07) is 0. The number of allylic oxidation sites excluding steroid dienone is 1. The topological polar surface area (TPSA) is 157 Å². The molecule has 1 saturated heterocycles. The molecule has 0 amide bonds. The Hall–Kier alpha value is -0.910. The van der Waals surface area contributed by atoms with Crippen LogP contribution in [0.3, 0.4) is 0 Å². The maximum Gasteiger partial charge on any atom is 0.187 e. The molecule has 2 saturated carbocycles. The predicted molar refractivity (Wildman–Crippen MR) is 125 cm³/mol. The van der Waals surface area contributed by atoms with Crippen LogP contribution in [-0.4, -0.2) is 92.5 Å². The molecule has 0 radical (unpaired) electrons. The highest BCUT2D eigenvalue weighted by Gasteiger charge is 2.61. The molecule has 3 fully saturated rings.